The fraction of sp³-hybridized carbons (Fsp3) is 0.643. The Balaban J connectivity index is 2.14. The predicted octanol–water partition coefficient (Wildman–Crippen LogP) is 1.81. The van der Waals surface area contributed by atoms with Gasteiger partial charge >= 0.3 is 12.2 Å². The molecule has 1 saturated heterocycles. The van der Waals surface area contributed by atoms with Gasteiger partial charge in [-0.3, -0.25) is 14.5 Å². The third kappa shape index (κ3) is 4.23. The molecule has 0 aromatic rings. The summed E-state index contributed by atoms with van der Waals surface area (Å²) in [6.07, 6.45) is -4.06. The molecule has 0 radical (unpaired) electrons. The minimum Gasteiger partial charge on any atom is -0.366 e. The van der Waals surface area contributed by atoms with Gasteiger partial charge in [-0.05, 0) is 25.7 Å². The Labute approximate surface area is 130 Å². The van der Waals surface area contributed by atoms with E-state index in [-0.39, 0.29) is 25.3 Å². The number of primary amides is 1. The van der Waals surface area contributed by atoms with Gasteiger partial charge in [0.15, 0.2) is 0 Å². The van der Waals surface area contributed by atoms with Crippen molar-refractivity contribution in [3.63, 3.8) is 0 Å². The first kappa shape index (κ1) is 17.3. The molecule has 2 aliphatic rings. The van der Waals surface area contributed by atoms with Crippen molar-refractivity contribution in [1.29, 1.82) is 0 Å². The number of rotatable bonds is 4. The van der Waals surface area contributed by atoms with Crippen molar-refractivity contribution in [2.24, 2.45) is 11.7 Å². The molecule has 1 fully saturated rings. The van der Waals surface area contributed by atoms with Crippen LogP contribution in [0.1, 0.15) is 38.5 Å². The maximum atomic E-state index is 12.2. The Morgan fingerprint density at radius 2 is 2.04 bits per heavy atom. The predicted molar refractivity (Wildman–Crippen MR) is 73.7 cm³/mol. The summed E-state index contributed by atoms with van der Waals surface area (Å²) in [6.45, 7) is -0.309. The van der Waals surface area contributed by atoms with E-state index in [4.69, 9.17) is 5.73 Å². The summed E-state index contributed by atoms with van der Waals surface area (Å²) in [7, 11) is 0. The number of nitrogens with two attached hydrogens (primary N) is 1. The number of nitrogens with one attached hydrogen (secondary N) is 1. The maximum absolute atomic E-state index is 12.2. The monoisotopic (exact) mass is 333 g/mol. The fourth-order valence-electron chi connectivity index (χ4n) is 2.97. The van der Waals surface area contributed by atoms with Crippen LogP contribution in [0.3, 0.4) is 0 Å². The summed E-state index contributed by atoms with van der Waals surface area (Å²) < 4.78 is 36.6. The zero-order chi connectivity index (χ0) is 17.2. The highest BCUT2D eigenvalue weighted by atomic mass is 19.4. The number of fused-ring (bicyclic) bond motifs is 1. The number of halogens is 3. The van der Waals surface area contributed by atoms with Gasteiger partial charge in [0.25, 0.3) is 0 Å². The highest BCUT2D eigenvalue weighted by molar-refractivity contribution is 5.99. The third-order valence-corrected chi connectivity index (χ3v) is 4.06. The molecular weight excluding hydrogens is 315 g/mol. The van der Waals surface area contributed by atoms with Gasteiger partial charge in [0.1, 0.15) is 0 Å². The summed E-state index contributed by atoms with van der Waals surface area (Å²) in [5, 5.41) is 2.50. The lowest BCUT2D eigenvalue weighted by Gasteiger charge is -2.24. The van der Waals surface area contributed by atoms with E-state index in [1.165, 1.54) is 0 Å². The van der Waals surface area contributed by atoms with E-state index in [2.05, 4.69) is 5.32 Å². The topological polar surface area (TPSA) is 92.5 Å². The van der Waals surface area contributed by atoms with Crippen molar-refractivity contribution >= 4 is 17.8 Å². The van der Waals surface area contributed by atoms with Crippen molar-refractivity contribution < 1.29 is 27.6 Å². The molecule has 9 heteroatoms. The van der Waals surface area contributed by atoms with Crippen LogP contribution >= 0.6 is 0 Å². The SMILES string of the molecule is NC(=O)C1=C2NC(=O)N(CCCC(F)(F)F)C(=O)CC2CCC1. The van der Waals surface area contributed by atoms with E-state index in [0.29, 0.717) is 30.5 Å². The van der Waals surface area contributed by atoms with Crippen LogP contribution in [0, 0.1) is 5.92 Å². The average Bonchev–Trinajstić information content (AvgIpc) is 2.54. The molecule has 3 N–H and O–H groups in total. The summed E-state index contributed by atoms with van der Waals surface area (Å²) >= 11 is 0. The van der Waals surface area contributed by atoms with Crippen LogP contribution < -0.4 is 11.1 Å². The number of carbonyl (C=O) groups is 3. The van der Waals surface area contributed by atoms with Gasteiger partial charge in [0, 0.05) is 36.6 Å². The number of nitrogens with zero attached hydrogens (tertiary/aromatic N) is 1. The summed E-state index contributed by atoms with van der Waals surface area (Å²) in [6, 6.07) is -0.796. The number of urea groups is 1. The standard InChI is InChI=1S/C14H18F3N3O3/c15-14(16,17)5-2-6-20-10(21)7-8-3-1-4-9(12(18)22)11(8)19-13(20)23/h8H,1-7H2,(H2,18,22)(H,19,23). The number of hydrogen-bond acceptors (Lipinski definition) is 3. The molecule has 0 spiro atoms. The lowest BCUT2D eigenvalue weighted by atomic mass is 9.84. The van der Waals surface area contributed by atoms with E-state index in [1.54, 1.807) is 0 Å². The van der Waals surface area contributed by atoms with E-state index in [1.807, 2.05) is 0 Å². The lowest BCUT2D eigenvalue weighted by molar-refractivity contribution is -0.139. The molecule has 0 aromatic carbocycles. The van der Waals surface area contributed by atoms with Crippen molar-refractivity contribution in [3.8, 4) is 0 Å². The van der Waals surface area contributed by atoms with Gasteiger partial charge in [-0.2, -0.15) is 13.2 Å². The van der Waals surface area contributed by atoms with E-state index < -0.39 is 30.4 Å². The summed E-state index contributed by atoms with van der Waals surface area (Å²) in [5.41, 5.74) is 5.94. The zero-order valence-corrected chi connectivity index (χ0v) is 12.4. The number of alkyl halides is 3. The van der Waals surface area contributed by atoms with Crippen LogP contribution in [-0.2, 0) is 9.59 Å². The second kappa shape index (κ2) is 6.59. The molecule has 0 bridgehead atoms. The largest absolute Gasteiger partial charge is 0.389 e. The number of imide groups is 1. The minimum atomic E-state index is -4.33. The lowest BCUT2D eigenvalue weighted by Crippen LogP contribution is -2.42. The van der Waals surface area contributed by atoms with Crippen molar-refractivity contribution in [3.05, 3.63) is 11.3 Å². The van der Waals surface area contributed by atoms with Gasteiger partial charge < -0.3 is 11.1 Å². The van der Waals surface area contributed by atoms with Gasteiger partial charge in [-0.15, -0.1) is 0 Å². The third-order valence-electron chi connectivity index (χ3n) is 4.06. The van der Waals surface area contributed by atoms with E-state index >= 15 is 0 Å². The molecule has 1 heterocycles. The molecule has 6 nitrogen and oxygen atoms in total. The second-order valence-corrected chi connectivity index (χ2v) is 5.74. The van der Waals surface area contributed by atoms with Crippen molar-refractivity contribution in [1.82, 2.24) is 10.2 Å². The van der Waals surface area contributed by atoms with Crippen LogP contribution in [0.2, 0.25) is 0 Å². The fourth-order valence-corrected chi connectivity index (χ4v) is 2.97. The van der Waals surface area contributed by atoms with Gasteiger partial charge in [-0.1, -0.05) is 0 Å². The molecule has 1 atom stereocenters. The van der Waals surface area contributed by atoms with E-state index in [9.17, 15) is 27.6 Å². The molecule has 0 aromatic heterocycles. The normalized spacial score (nSPS) is 22.6. The number of carbonyl (C=O) groups excluding carboxylic acids is 3. The Morgan fingerprint density at radius 3 is 2.65 bits per heavy atom. The number of allylic oxidation sites excluding steroid dienone is 1. The molecule has 1 aliphatic heterocycles. The van der Waals surface area contributed by atoms with Crippen LogP contribution in [0.5, 0.6) is 0 Å². The van der Waals surface area contributed by atoms with Crippen LogP contribution in [0.4, 0.5) is 18.0 Å². The highest BCUT2D eigenvalue weighted by Gasteiger charge is 2.36. The second-order valence-electron chi connectivity index (χ2n) is 5.74. The first-order chi connectivity index (χ1) is 10.7. The Bertz CT molecular complexity index is 557. The van der Waals surface area contributed by atoms with Crippen molar-refractivity contribution in [2.45, 2.75) is 44.7 Å². The smallest absolute Gasteiger partial charge is 0.366 e. The Hall–Kier alpha value is -2.06. The molecule has 1 aliphatic carbocycles. The molecular formula is C14H18F3N3O3. The van der Waals surface area contributed by atoms with Crippen LogP contribution in [0.15, 0.2) is 11.3 Å². The summed E-state index contributed by atoms with van der Waals surface area (Å²) in [4.78, 5) is 36.5. The van der Waals surface area contributed by atoms with E-state index in [0.717, 1.165) is 4.90 Å². The molecule has 128 valence electrons. The van der Waals surface area contributed by atoms with Gasteiger partial charge in [-0.25, -0.2) is 4.79 Å². The van der Waals surface area contributed by atoms with Crippen molar-refractivity contribution in [2.75, 3.05) is 6.54 Å². The maximum Gasteiger partial charge on any atom is 0.389 e. The Morgan fingerprint density at radius 1 is 1.35 bits per heavy atom. The zero-order valence-electron chi connectivity index (χ0n) is 12.4. The molecule has 2 rings (SSSR count). The molecule has 1 unspecified atom stereocenters. The molecule has 0 saturated carbocycles. The Kier molecular flexibility index (Phi) is 4.96. The number of amides is 4. The van der Waals surface area contributed by atoms with Crippen LogP contribution in [-0.4, -0.2) is 35.5 Å². The minimum absolute atomic E-state index is 0.0170. The molecule has 23 heavy (non-hydrogen) atoms. The number of hydrogen-bond donors (Lipinski definition) is 2. The summed E-state index contributed by atoms with van der Waals surface area (Å²) in [5.74, 6) is -1.51. The van der Waals surface area contributed by atoms with Gasteiger partial charge in [0.2, 0.25) is 11.8 Å². The first-order valence-corrected chi connectivity index (χ1v) is 7.40. The first-order valence-electron chi connectivity index (χ1n) is 7.40. The molecule has 4 amide bonds. The van der Waals surface area contributed by atoms with Gasteiger partial charge in [0.05, 0.1) is 0 Å². The quantitative estimate of drug-likeness (QED) is 0.822. The average molecular weight is 333 g/mol. The van der Waals surface area contributed by atoms with Crippen LogP contribution in [0.25, 0.3) is 0 Å². The highest BCUT2D eigenvalue weighted by Crippen LogP contribution is 2.33.